The Morgan fingerprint density at radius 2 is 1.91 bits per heavy atom. The third-order valence-electron chi connectivity index (χ3n) is 3.58. The molecule has 3 heteroatoms. The summed E-state index contributed by atoms with van der Waals surface area (Å²) < 4.78 is 5.20. The van der Waals surface area contributed by atoms with Gasteiger partial charge in [0.2, 0.25) is 0 Å². The quantitative estimate of drug-likeness (QED) is 0.823. The summed E-state index contributed by atoms with van der Waals surface area (Å²) in [4.78, 5) is 0. The third kappa shape index (κ3) is 4.72. The average Bonchev–Trinajstić information content (AvgIpc) is 2.58. The minimum atomic E-state index is -0.508. The predicted molar refractivity (Wildman–Crippen MR) is 90.9 cm³/mol. The minimum absolute atomic E-state index is 0.0163. The van der Waals surface area contributed by atoms with Gasteiger partial charge < -0.3 is 15.2 Å². The average molecular weight is 297 g/mol. The highest BCUT2D eigenvalue weighted by molar-refractivity contribution is 5.51. The van der Waals surface area contributed by atoms with Gasteiger partial charge in [-0.25, -0.2) is 0 Å². The summed E-state index contributed by atoms with van der Waals surface area (Å²) in [5.74, 6) is 0.850. The van der Waals surface area contributed by atoms with E-state index in [0.717, 1.165) is 16.9 Å². The fourth-order valence-electron chi connectivity index (χ4n) is 2.24. The molecule has 2 rings (SSSR count). The van der Waals surface area contributed by atoms with E-state index in [1.807, 2.05) is 73.7 Å². The lowest BCUT2D eigenvalue weighted by Crippen LogP contribution is -2.32. The molecule has 0 aromatic heterocycles. The lowest BCUT2D eigenvalue weighted by Gasteiger charge is -2.19. The summed E-state index contributed by atoms with van der Waals surface area (Å²) in [6.45, 7) is 2.68. The zero-order valence-electron chi connectivity index (χ0n) is 13.1. The molecule has 0 bridgehead atoms. The van der Waals surface area contributed by atoms with Crippen LogP contribution in [0.2, 0.25) is 0 Å². The molecule has 0 aliphatic carbocycles. The fourth-order valence-corrected chi connectivity index (χ4v) is 2.24. The van der Waals surface area contributed by atoms with Crippen LogP contribution < -0.4 is 10.1 Å². The highest BCUT2D eigenvalue weighted by Crippen LogP contribution is 2.16. The third-order valence-corrected chi connectivity index (χ3v) is 3.58. The van der Waals surface area contributed by atoms with Gasteiger partial charge in [0.05, 0.1) is 13.2 Å². The Kier molecular flexibility index (Phi) is 6.19. The first-order valence-corrected chi connectivity index (χ1v) is 7.47. The minimum Gasteiger partial charge on any atom is -0.497 e. The van der Waals surface area contributed by atoms with Crippen LogP contribution in [0.5, 0.6) is 5.75 Å². The van der Waals surface area contributed by atoms with Crippen molar-refractivity contribution in [2.24, 2.45) is 0 Å². The summed E-state index contributed by atoms with van der Waals surface area (Å²) in [5, 5.41) is 13.6. The van der Waals surface area contributed by atoms with Crippen molar-refractivity contribution in [2.45, 2.75) is 19.1 Å². The molecule has 2 aromatic rings. The highest BCUT2D eigenvalue weighted by atomic mass is 16.5. The molecule has 0 saturated carbocycles. The van der Waals surface area contributed by atoms with Crippen LogP contribution in [-0.4, -0.2) is 24.8 Å². The molecule has 0 spiro atoms. The van der Waals surface area contributed by atoms with Crippen molar-refractivity contribution in [1.82, 2.24) is 5.32 Å². The molecule has 2 unspecified atom stereocenters. The Morgan fingerprint density at radius 1 is 1.14 bits per heavy atom. The molecule has 0 saturated heterocycles. The van der Waals surface area contributed by atoms with Gasteiger partial charge in [0.25, 0.3) is 0 Å². The molecule has 3 nitrogen and oxygen atoms in total. The van der Waals surface area contributed by atoms with Gasteiger partial charge >= 0.3 is 0 Å². The van der Waals surface area contributed by atoms with Gasteiger partial charge in [-0.2, -0.15) is 0 Å². The van der Waals surface area contributed by atoms with Gasteiger partial charge in [0.15, 0.2) is 0 Å². The van der Waals surface area contributed by atoms with Crippen LogP contribution >= 0.6 is 0 Å². The Morgan fingerprint density at radius 3 is 2.64 bits per heavy atom. The molecule has 0 heterocycles. The molecule has 2 N–H and O–H groups in total. The lowest BCUT2D eigenvalue weighted by molar-refractivity contribution is 0.138. The number of methoxy groups -OCH3 is 1. The van der Waals surface area contributed by atoms with E-state index in [1.165, 1.54) is 0 Å². The molecule has 0 aliphatic heterocycles. The maximum atomic E-state index is 10.3. The molecule has 0 amide bonds. The largest absolute Gasteiger partial charge is 0.497 e. The number of hydrogen-bond acceptors (Lipinski definition) is 3. The van der Waals surface area contributed by atoms with Crippen LogP contribution in [0.4, 0.5) is 0 Å². The van der Waals surface area contributed by atoms with E-state index in [0.29, 0.717) is 6.54 Å². The van der Waals surface area contributed by atoms with Crippen LogP contribution in [0.25, 0.3) is 6.08 Å². The lowest BCUT2D eigenvalue weighted by atomic mass is 10.0. The first-order valence-electron chi connectivity index (χ1n) is 7.47. The van der Waals surface area contributed by atoms with Gasteiger partial charge in [0, 0.05) is 12.6 Å². The SMILES string of the molecule is COc1cccc(/C=C/CNC(C)C(O)c2ccccc2)c1. The van der Waals surface area contributed by atoms with Crippen LogP contribution in [-0.2, 0) is 0 Å². The number of rotatable bonds is 7. The fraction of sp³-hybridized carbons (Fsp3) is 0.263. The molecule has 22 heavy (non-hydrogen) atoms. The van der Waals surface area contributed by atoms with Crippen molar-refractivity contribution >= 4 is 6.08 Å². The Balaban J connectivity index is 1.83. The number of aliphatic hydroxyl groups excluding tert-OH is 1. The standard InChI is InChI=1S/C19H23NO2/c1-15(19(21)17-10-4-3-5-11-17)20-13-7-9-16-8-6-12-18(14-16)22-2/h3-12,14-15,19-21H,13H2,1-2H3/b9-7+. The summed E-state index contributed by atoms with van der Waals surface area (Å²) in [6, 6.07) is 17.6. The zero-order valence-corrected chi connectivity index (χ0v) is 13.1. The number of nitrogens with one attached hydrogen (secondary N) is 1. The van der Waals surface area contributed by atoms with Crippen LogP contribution in [0.3, 0.4) is 0 Å². The molecule has 0 radical (unpaired) electrons. The van der Waals surface area contributed by atoms with E-state index in [4.69, 9.17) is 4.74 Å². The molecule has 0 fully saturated rings. The van der Waals surface area contributed by atoms with Gasteiger partial charge in [-0.1, -0.05) is 54.6 Å². The van der Waals surface area contributed by atoms with E-state index in [-0.39, 0.29) is 6.04 Å². The summed E-state index contributed by atoms with van der Waals surface area (Å²) in [6.07, 6.45) is 3.58. The number of aliphatic hydroxyl groups is 1. The molecular weight excluding hydrogens is 274 g/mol. The van der Waals surface area contributed by atoms with Crippen LogP contribution in [0, 0.1) is 0 Å². The second-order valence-corrected chi connectivity index (χ2v) is 5.23. The number of hydrogen-bond donors (Lipinski definition) is 2. The molecule has 2 atom stereocenters. The van der Waals surface area contributed by atoms with Gasteiger partial charge in [-0.3, -0.25) is 0 Å². The van der Waals surface area contributed by atoms with Crippen molar-refractivity contribution in [2.75, 3.05) is 13.7 Å². The van der Waals surface area contributed by atoms with Crippen molar-refractivity contribution in [3.63, 3.8) is 0 Å². The Labute approximate surface area is 132 Å². The van der Waals surface area contributed by atoms with Crippen LogP contribution in [0.15, 0.2) is 60.7 Å². The van der Waals surface area contributed by atoms with Gasteiger partial charge in [-0.15, -0.1) is 0 Å². The summed E-state index contributed by atoms with van der Waals surface area (Å²) in [7, 11) is 1.66. The van der Waals surface area contributed by atoms with E-state index in [1.54, 1.807) is 7.11 Å². The molecule has 0 aliphatic rings. The maximum Gasteiger partial charge on any atom is 0.119 e. The first-order chi connectivity index (χ1) is 10.7. The second kappa shape index (κ2) is 8.37. The normalized spacial score (nSPS) is 14.0. The molecular formula is C19H23NO2. The van der Waals surface area contributed by atoms with E-state index < -0.39 is 6.10 Å². The van der Waals surface area contributed by atoms with E-state index in [9.17, 15) is 5.11 Å². The Bertz CT molecular complexity index is 595. The summed E-state index contributed by atoms with van der Waals surface area (Å²) >= 11 is 0. The van der Waals surface area contributed by atoms with E-state index in [2.05, 4.69) is 5.32 Å². The van der Waals surface area contributed by atoms with Gasteiger partial charge in [-0.05, 0) is 30.2 Å². The van der Waals surface area contributed by atoms with E-state index >= 15 is 0 Å². The monoisotopic (exact) mass is 297 g/mol. The smallest absolute Gasteiger partial charge is 0.119 e. The maximum absolute atomic E-state index is 10.3. The van der Waals surface area contributed by atoms with Crippen molar-refractivity contribution in [1.29, 1.82) is 0 Å². The molecule has 2 aromatic carbocycles. The molecule has 116 valence electrons. The van der Waals surface area contributed by atoms with Crippen molar-refractivity contribution in [3.8, 4) is 5.75 Å². The zero-order chi connectivity index (χ0) is 15.8. The Hall–Kier alpha value is -2.10. The van der Waals surface area contributed by atoms with Gasteiger partial charge in [0.1, 0.15) is 5.75 Å². The number of benzene rings is 2. The topological polar surface area (TPSA) is 41.5 Å². The predicted octanol–water partition coefficient (Wildman–Crippen LogP) is 3.42. The number of ether oxygens (including phenoxy) is 1. The highest BCUT2D eigenvalue weighted by Gasteiger charge is 2.14. The summed E-state index contributed by atoms with van der Waals surface area (Å²) in [5.41, 5.74) is 2.02. The van der Waals surface area contributed by atoms with Crippen molar-refractivity contribution < 1.29 is 9.84 Å². The van der Waals surface area contributed by atoms with Crippen molar-refractivity contribution in [3.05, 3.63) is 71.8 Å². The first kappa shape index (κ1) is 16.3. The van der Waals surface area contributed by atoms with Crippen LogP contribution in [0.1, 0.15) is 24.2 Å². The second-order valence-electron chi connectivity index (χ2n) is 5.23.